The quantitative estimate of drug-likeness (QED) is 0.120. The number of non-ortho nitro benzene ring substituents is 1. The molecule has 0 radical (unpaired) electrons. The summed E-state index contributed by atoms with van der Waals surface area (Å²) in [6.07, 6.45) is 6.58. The molecular formula is C20H30NO6P. The third kappa shape index (κ3) is 8.05. The van der Waals surface area contributed by atoms with Crippen LogP contribution < -0.4 is 0 Å². The molecule has 0 aliphatic heterocycles. The number of allylic oxidation sites excluding steroid dienone is 1. The van der Waals surface area contributed by atoms with E-state index in [-0.39, 0.29) is 24.2 Å². The van der Waals surface area contributed by atoms with Crippen molar-refractivity contribution in [1.29, 1.82) is 0 Å². The Labute approximate surface area is 166 Å². The standard InChI is InChI=1S/C20H30NO6P/c1-4-6-8-13-26-28(25,27-14-9-7-5-2)20(17(3)22)16-18-11-10-12-19(15-18)21(23)24/h10-12,15-16H,4-9,13-14H2,1-3H3. The van der Waals surface area contributed by atoms with E-state index in [1.165, 1.54) is 31.2 Å². The van der Waals surface area contributed by atoms with Gasteiger partial charge in [-0.2, -0.15) is 0 Å². The summed E-state index contributed by atoms with van der Waals surface area (Å²) >= 11 is 0. The number of hydrogen-bond acceptors (Lipinski definition) is 6. The molecule has 0 bridgehead atoms. The maximum Gasteiger partial charge on any atom is 0.364 e. The Bertz CT molecular complexity index is 715. The maximum absolute atomic E-state index is 13.4. The molecule has 0 aromatic heterocycles. The van der Waals surface area contributed by atoms with E-state index >= 15 is 0 Å². The van der Waals surface area contributed by atoms with Gasteiger partial charge in [-0.25, -0.2) is 0 Å². The number of benzene rings is 1. The van der Waals surface area contributed by atoms with Crippen molar-refractivity contribution < 1.29 is 23.3 Å². The normalized spacial score (nSPS) is 12.2. The molecule has 1 aromatic rings. The van der Waals surface area contributed by atoms with Gasteiger partial charge in [0.25, 0.3) is 5.69 Å². The average Bonchev–Trinajstić information content (AvgIpc) is 2.67. The lowest BCUT2D eigenvalue weighted by atomic mass is 10.2. The molecule has 8 heteroatoms. The van der Waals surface area contributed by atoms with Crippen LogP contribution in [-0.2, 0) is 18.4 Å². The minimum absolute atomic E-state index is 0.0824. The monoisotopic (exact) mass is 411 g/mol. The summed E-state index contributed by atoms with van der Waals surface area (Å²) in [7, 11) is -3.83. The predicted molar refractivity (Wildman–Crippen MR) is 110 cm³/mol. The van der Waals surface area contributed by atoms with Gasteiger partial charge in [0.05, 0.1) is 18.1 Å². The predicted octanol–water partition coefficient (Wildman–Crippen LogP) is 6.13. The molecule has 0 unspecified atom stereocenters. The van der Waals surface area contributed by atoms with Crippen LogP contribution in [0.1, 0.15) is 64.9 Å². The van der Waals surface area contributed by atoms with Gasteiger partial charge in [0.15, 0.2) is 5.78 Å². The van der Waals surface area contributed by atoms with Gasteiger partial charge in [0.2, 0.25) is 0 Å². The largest absolute Gasteiger partial charge is 0.364 e. The van der Waals surface area contributed by atoms with E-state index in [2.05, 4.69) is 0 Å². The van der Waals surface area contributed by atoms with Gasteiger partial charge in [-0.05, 0) is 31.4 Å². The first-order valence-corrected chi connectivity index (χ1v) is 11.2. The summed E-state index contributed by atoms with van der Waals surface area (Å²) in [5, 5.41) is 10.9. The summed E-state index contributed by atoms with van der Waals surface area (Å²) in [4.78, 5) is 22.7. The van der Waals surface area contributed by atoms with Crippen LogP contribution in [0.5, 0.6) is 0 Å². The van der Waals surface area contributed by atoms with Crippen molar-refractivity contribution in [3.8, 4) is 0 Å². The van der Waals surface area contributed by atoms with E-state index in [1.807, 2.05) is 13.8 Å². The summed E-state index contributed by atoms with van der Waals surface area (Å²) in [5.41, 5.74) is 0.285. The van der Waals surface area contributed by atoms with Gasteiger partial charge in [0, 0.05) is 12.1 Å². The van der Waals surface area contributed by atoms with Gasteiger partial charge in [-0.3, -0.25) is 19.5 Å². The lowest BCUT2D eigenvalue weighted by Crippen LogP contribution is -2.07. The van der Waals surface area contributed by atoms with Gasteiger partial charge in [-0.15, -0.1) is 0 Å². The van der Waals surface area contributed by atoms with Crippen LogP contribution in [0.15, 0.2) is 29.6 Å². The van der Waals surface area contributed by atoms with E-state index in [4.69, 9.17) is 9.05 Å². The van der Waals surface area contributed by atoms with Gasteiger partial charge >= 0.3 is 7.60 Å². The SMILES string of the molecule is CCCCCOP(=O)(OCCCCC)C(=Cc1cccc([N+](=O)[O-])c1)C(C)=O. The molecule has 0 saturated heterocycles. The highest BCUT2D eigenvalue weighted by atomic mass is 31.2. The maximum atomic E-state index is 13.4. The van der Waals surface area contributed by atoms with Crippen molar-refractivity contribution in [3.05, 3.63) is 45.3 Å². The topological polar surface area (TPSA) is 95.7 Å². The van der Waals surface area contributed by atoms with Crippen molar-refractivity contribution in [3.63, 3.8) is 0 Å². The molecule has 0 spiro atoms. The summed E-state index contributed by atoms with van der Waals surface area (Å²) in [6.45, 7) is 5.83. The Morgan fingerprint density at radius 3 is 2.14 bits per heavy atom. The fraction of sp³-hybridized carbons (Fsp3) is 0.550. The smallest absolute Gasteiger partial charge is 0.305 e. The number of nitrogens with zero attached hydrogens (tertiary/aromatic N) is 1. The van der Waals surface area contributed by atoms with Gasteiger partial charge in [0.1, 0.15) is 5.31 Å². The van der Waals surface area contributed by atoms with E-state index in [0.29, 0.717) is 18.4 Å². The summed E-state index contributed by atoms with van der Waals surface area (Å²) in [5.74, 6) is -0.444. The zero-order valence-corrected chi connectivity index (χ0v) is 17.8. The van der Waals surface area contributed by atoms with Crippen molar-refractivity contribution in [2.45, 2.75) is 59.3 Å². The highest BCUT2D eigenvalue weighted by Crippen LogP contribution is 2.57. The lowest BCUT2D eigenvalue weighted by Gasteiger charge is -2.20. The zero-order chi connectivity index (χ0) is 21.0. The molecule has 0 saturated carbocycles. The molecule has 0 aliphatic carbocycles. The number of carbonyl (C=O) groups excluding carboxylic acids is 1. The fourth-order valence-corrected chi connectivity index (χ4v) is 4.29. The molecule has 0 fully saturated rings. The number of ketones is 1. The van der Waals surface area contributed by atoms with Crippen LogP contribution in [0.3, 0.4) is 0 Å². The van der Waals surface area contributed by atoms with Crippen molar-refractivity contribution in [1.82, 2.24) is 0 Å². The molecule has 0 heterocycles. The van der Waals surface area contributed by atoms with Crippen LogP contribution in [0, 0.1) is 10.1 Å². The molecule has 7 nitrogen and oxygen atoms in total. The molecule has 0 N–H and O–H groups in total. The first-order chi connectivity index (χ1) is 13.3. The zero-order valence-electron chi connectivity index (χ0n) is 16.9. The van der Waals surface area contributed by atoms with E-state index in [9.17, 15) is 19.5 Å². The Hall–Kier alpha value is -1.82. The van der Waals surface area contributed by atoms with Crippen LogP contribution in [0.25, 0.3) is 6.08 Å². The number of unbranched alkanes of at least 4 members (excludes halogenated alkanes) is 4. The molecule has 1 aromatic carbocycles. The Morgan fingerprint density at radius 2 is 1.68 bits per heavy atom. The summed E-state index contributed by atoms with van der Waals surface area (Å²) < 4.78 is 24.6. The second kappa shape index (κ2) is 12.6. The molecule has 0 amide bonds. The van der Waals surface area contributed by atoms with E-state index in [1.54, 1.807) is 6.07 Å². The third-order valence-corrected chi connectivity index (χ3v) is 6.14. The number of hydrogen-bond donors (Lipinski definition) is 0. The Morgan fingerprint density at radius 1 is 1.11 bits per heavy atom. The number of carbonyl (C=O) groups is 1. The second-order valence-electron chi connectivity index (χ2n) is 6.52. The number of nitro groups is 1. The Balaban J connectivity index is 3.17. The summed E-state index contributed by atoms with van der Waals surface area (Å²) in [6, 6.07) is 5.79. The number of Topliss-reactive ketones (excluding diaryl/α,β-unsaturated/α-hetero) is 1. The number of rotatable bonds is 14. The molecule has 156 valence electrons. The molecule has 28 heavy (non-hydrogen) atoms. The van der Waals surface area contributed by atoms with Crippen LogP contribution >= 0.6 is 7.60 Å². The van der Waals surface area contributed by atoms with Gasteiger partial charge < -0.3 is 9.05 Å². The first-order valence-electron chi connectivity index (χ1n) is 9.70. The highest BCUT2D eigenvalue weighted by molar-refractivity contribution is 7.60. The lowest BCUT2D eigenvalue weighted by molar-refractivity contribution is -0.384. The molecule has 0 aliphatic rings. The van der Waals surface area contributed by atoms with Gasteiger partial charge in [-0.1, -0.05) is 51.7 Å². The first kappa shape index (κ1) is 24.2. The Kier molecular flexibility index (Phi) is 10.9. The third-order valence-electron chi connectivity index (χ3n) is 4.06. The van der Waals surface area contributed by atoms with E-state index < -0.39 is 18.3 Å². The fourth-order valence-electron chi connectivity index (χ4n) is 2.51. The van der Waals surface area contributed by atoms with E-state index in [0.717, 1.165) is 25.7 Å². The average molecular weight is 411 g/mol. The van der Waals surface area contributed by atoms with Crippen molar-refractivity contribution in [2.24, 2.45) is 0 Å². The number of nitro benzene ring substituents is 1. The minimum Gasteiger partial charge on any atom is -0.305 e. The highest BCUT2D eigenvalue weighted by Gasteiger charge is 2.33. The minimum atomic E-state index is -3.83. The van der Waals surface area contributed by atoms with Crippen LogP contribution in [0.4, 0.5) is 5.69 Å². The van der Waals surface area contributed by atoms with Crippen molar-refractivity contribution >= 4 is 25.1 Å². The second-order valence-corrected chi connectivity index (χ2v) is 8.51. The van der Waals surface area contributed by atoms with Crippen LogP contribution in [-0.4, -0.2) is 23.9 Å². The molecular weight excluding hydrogens is 381 g/mol. The van der Waals surface area contributed by atoms with Crippen LogP contribution in [0.2, 0.25) is 0 Å². The van der Waals surface area contributed by atoms with Crippen molar-refractivity contribution in [2.75, 3.05) is 13.2 Å². The molecule has 0 atom stereocenters. The molecule has 1 rings (SSSR count).